The van der Waals surface area contributed by atoms with Gasteiger partial charge in [-0.2, -0.15) is 0 Å². The van der Waals surface area contributed by atoms with E-state index in [1.54, 1.807) is 0 Å². The zero-order valence-electron chi connectivity index (χ0n) is 13.9. The van der Waals surface area contributed by atoms with Crippen molar-refractivity contribution < 1.29 is 9.53 Å². The Kier molecular flexibility index (Phi) is 17.2. The summed E-state index contributed by atoms with van der Waals surface area (Å²) in [5.74, 6) is 1.46. The minimum atomic E-state index is -0.128. The molecule has 5 nitrogen and oxygen atoms in total. The Balaban J connectivity index is 0. The van der Waals surface area contributed by atoms with Crippen molar-refractivity contribution in [3.63, 3.8) is 0 Å². The van der Waals surface area contributed by atoms with Gasteiger partial charge in [0.25, 0.3) is 0 Å². The fourth-order valence-corrected chi connectivity index (χ4v) is 1.67. The monoisotopic (exact) mass is 413 g/mol. The molecule has 126 valence electrons. The van der Waals surface area contributed by atoms with E-state index in [9.17, 15) is 4.79 Å². The number of ether oxygens (including phenoxy) is 1. The van der Waals surface area contributed by atoms with Crippen LogP contribution in [0, 0.1) is 5.92 Å². The van der Waals surface area contributed by atoms with E-state index in [0.717, 1.165) is 51.3 Å². The number of nitrogens with one attached hydrogen (secondary N) is 2. The molecule has 0 rings (SSSR count). The van der Waals surface area contributed by atoms with Crippen LogP contribution in [-0.2, 0) is 9.53 Å². The number of methoxy groups -OCH3 is 1. The summed E-state index contributed by atoms with van der Waals surface area (Å²) in [5, 5.41) is 6.57. The number of hydrogen-bond acceptors (Lipinski definition) is 3. The Bertz CT molecular complexity index is 284. The van der Waals surface area contributed by atoms with E-state index >= 15 is 0 Å². The van der Waals surface area contributed by atoms with Crippen LogP contribution >= 0.6 is 24.0 Å². The van der Waals surface area contributed by atoms with Gasteiger partial charge in [0, 0.05) is 26.1 Å². The molecule has 0 aliphatic heterocycles. The quantitative estimate of drug-likeness (QED) is 0.190. The lowest BCUT2D eigenvalue weighted by atomic mass is 10.1. The standard InChI is InChI=1S/C15H31N3O2.HI/c1-5-16-15(18-12-10-13(2)3)17-11-8-6-7-9-14(19)20-4;/h13H,5-12H2,1-4H3,(H2,16,17,18);1H. The van der Waals surface area contributed by atoms with E-state index in [1.165, 1.54) is 7.11 Å². The summed E-state index contributed by atoms with van der Waals surface area (Å²) >= 11 is 0. The van der Waals surface area contributed by atoms with E-state index in [2.05, 4.69) is 41.1 Å². The first-order valence-corrected chi connectivity index (χ1v) is 7.69. The number of carbonyl (C=O) groups is 1. The first-order chi connectivity index (χ1) is 9.60. The van der Waals surface area contributed by atoms with Crippen molar-refractivity contribution in [1.82, 2.24) is 10.6 Å². The van der Waals surface area contributed by atoms with Crippen LogP contribution in [0.5, 0.6) is 0 Å². The van der Waals surface area contributed by atoms with Gasteiger partial charge in [-0.3, -0.25) is 9.79 Å². The van der Waals surface area contributed by atoms with Crippen LogP contribution in [0.3, 0.4) is 0 Å². The molecule has 0 radical (unpaired) electrons. The number of halogens is 1. The highest BCUT2D eigenvalue weighted by molar-refractivity contribution is 14.0. The van der Waals surface area contributed by atoms with Crippen molar-refractivity contribution in [2.45, 2.75) is 52.9 Å². The zero-order chi connectivity index (χ0) is 15.2. The van der Waals surface area contributed by atoms with E-state index in [0.29, 0.717) is 12.3 Å². The second-order valence-electron chi connectivity index (χ2n) is 5.26. The Hall–Kier alpha value is -0.530. The summed E-state index contributed by atoms with van der Waals surface area (Å²) < 4.78 is 4.60. The molecule has 0 amide bonds. The summed E-state index contributed by atoms with van der Waals surface area (Å²) in [6.07, 6.45) is 4.53. The van der Waals surface area contributed by atoms with Gasteiger partial charge >= 0.3 is 5.97 Å². The van der Waals surface area contributed by atoms with Gasteiger partial charge in [-0.25, -0.2) is 0 Å². The van der Waals surface area contributed by atoms with Gasteiger partial charge in [-0.15, -0.1) is 24.0 Å². The topological polar surface area (TPSA) is 62.7 Å². The fourth-order valence-electron chi connectivity index (χ4n) is 1.67. The lowest BCUT2D eigenvalue weighted by Gasteiger charge is -2.12. The van der Waals surface area contributed by atoms with E-state index in [-0.39, 0.29) is 29.9 Å². The third-order valence-electron chi connectivity index (χ3n) is 2.89. The SMILES string of the molecule is CCNC(=NCCCCCC(=O)OC)NCCC(C)C.I. The van der Waals surface area contributed by atoms with Gasteiger partial charge in [0.1, 0.15) is 0 Å². The molecule has 6 heteroatoms. The van der Waals surface area contributed by atoms with Gasteiger partial charge < -0.3 is 15.4 Å². The number of hydrogen-bond donors (Lipinski definition) is 2. The second-order valence-corrected chi connectivity index (χ2v) is 5.26. The highest BCUT2D eigenvalue weighted by Gasteiger charge is 2.00. The van der Waals surface area contributed by atoms with Crippen molar-refractivity contribution in [2.24, 2.45) is 10.9 Å². The molecule has 0 spiro atoms. The predicted molar refractivity (Wildman–Crippen MR) is 99.3 cm³/mol. The van der Waals surface area contributed by atoms with Gasteiger partial charge in [-0.1, -0.05) is 20.3 Å². The normalized spacial score (nSPS) is 11.0. The molecular weight excluding hydrogens is 381 g/mol. The Labute approximate surface area is 146 Å². The number of esters is 1. The van der Waals surface area contributed by atoms with Crippen LogP contribution in [0.4, 0.5) is 0 Å². The molecule has 0 aliphatic carbocycles. The fraction of sp³-hybridized carbons (Fsp3) is 0.867. The van der Waals surface area contributed by atoms with Crippen molar-refractivity contribution in [3.05, 3.63) is 0 Å². The summed E-state index contributed by atoms with van der Waals surface area (Å²) in [4.78, 5) is 15.5. The van der Waals surface area contributed by atoms with Crippen LogP contribution in [-0.4, -0.2) is 38.7 Å². The molecule has 0 unspecified atom stereocenters. The molecule has 0 fully saturated rings. The smallest absolute Gasteiger partial charge is 0.305 e. The summed E-state index contributed by atoms with van der Waals surface area (Å²) in [6, 6.07) is 0. The van der Waals surface area contributed by atoms with E-state index in [4.69, 9.17) is 0 Å². The van der Waals surface area contributed by atoms with Crippen molar-refractivity contribution in [3.8, 4) is 0 Å². The summed E-state index contributed by atoms with van der Waals surface area (Å²) in [7, 11) is 1.43. The maximum atomic E-state index is 10.9. The maximum absolute atomic E-state index is 10.9. The number of rotatable bonds is 10. The third-order valence-corrected chi connectivity index (χ3v) is 2.89. The van der Waals surface area contributed by atoms with Crippen LogP contribution in [0.1, 0.15) is 52.9 Å². The van der Waals surface area contributed by atoms with E-state index in [1.807, 2.05) is 0 Å². The lowest BCUT2D eigenvalue weighted by Crippen LogP contribution is -2.38. The number of nitrogens with zero attached hydrogens (tertiary/aromatic N) is 1. The first-order valence-electron chi connectivity index (χ1n) is 7.69. The molecule has 2 N–H and O–H groups in total. The molecule has 0 atom stereocenters. The van der Waals surface area contributed by atoms with Crippen molar-refractivity contribution in [2.75, 3.05) is 26.7 Å². The second kappa shape index (κ2) is 15.9. The molecule has 21 heavy (non-hydrogen) atoms. The van der Waals surface area contributed by atoms with E-state index < -0.39 is 0 Å². The average Bonchev–Trinajstić information content (AvgIpc) is 2.41. The number of aliphatic imine (C=N–C) groups is 1. The van der Waals surface area contributed by atoms with Gasteiger partial charge in [0.05, 0.1) is 7.11 Å². The van der Waals surface area contributed by atoms with Crippen LogP contribution in [0.15, 0.2) is 4.99 Å². The number of carbonyl (C=O) groups excluding carboxylic acids is 1. The van der Waals surface area contributed by atoms with Crippen molar-refractivity contribution in [1.29, 1.82) is 0 Å². The largest absolute Gasteiger partial charge is 0.469 e. The molecule has 0 aromatic carbocycles. The molecule has 0 bridgehead atoms. The molecule has 0 aliphatic rings. The number of unbranched alkanes of at least 4 members (excludes halogenated alkanes) is 2. The Morgan fingerprint density at radius 3 is 2.48 bits per heavy atom. The summed E-state index contributed by atoms with van der Waals surface area (Å²) in [6.45, 7) is 9.11. The summed E-state index contributed by atoms with van der Waals surface area (Å²) in [5.41, 5.74) is 0. The third kappa shape index (κ3) is 15.7. The van der Waals surface area contributed by atoms with Crippen LogP contribution in [0.25, 0.3) is 0 Å². The number of guanidine groups is 1. The van der Waals surface area contributed by atoms with Gasteiger partial charge in [-0.05, 0) is 32.1 Å². The molecule has 0 heterocycles. The molecular formula is C15H32IN3O2. The Morgan fingerprint density at radius 2 is 1.90 bits per heavy atom. The van der Waals surface area contributed by atoms with Gasteiger partial charge in [0.15, 0.2) is 5.96 Å². The predicted octanol–water partition coefficient (Wildman–Crippen LogP) is 2.94. The highest BCUT2D eigenvalue weighted by atomic mass is 127. The molecule has 0 saturated heterocycles. The van der Waals surface area contributed by atoms with Crippen LogP contribution in [0.2, 0.25) is 0 Å². The maximum Gasteiger partial charge on any atom is 0.305 e. The Morgan fingerprint density at radius 1 is 1.19 bits per heavy atom. The van der Waals surface area contributed by atoms with Crippen LogP contribution < -0.4 is 10.6 Å². The molecule has 0 aromatic rings. The van der Waals surface area contributed by atoms with Gasteiger partial charge in [0.2, 0.25) is 0 Å². The van der Waals surface area contributed by atoms with Crippen molar-refractivity contribution >= 4 is 35.9 Å². The molecule has 0 aromatic heterocycles. The minimum absolute atomic E-state index is 0. The highest BCUT2D eigenvalue weighted by Crippen LogP contribution is 2.01. The molecule has 0 saturated carbocycles. The minimum Gasteiger partial charge on any atom is -0.469 e. The zero-order valence-corrected chi connectivity index (χ0v) is 16.2. The first kappa shape index (κ1) is 22.7. The average molecular weight is 413 g/mol. The lowest BCUT2D eigenvalue weighted by molar-refractivity contribution is -0.140.